The molecule has 2 rings (SSSR count). The predicted octanol–water partition coefficient (Wildman–Crippen LogP) is 2.26. The summed E-state index contributed by atoms with van der Waals surface area (Å²) in [6.45, 7) is 0.374. The van der Waals surface area contributed by atoms with Crippen LogP contribution < -0.4 is 5.32 Å². The standard InChI is InChI=1S/C17H25ClN2O4S/c1-20(2)25(23,24)13-6-7-15(18)14(10-13)16(22)19-11-17(12-21)8-4-3-5-9-17/h6-7,10,21H,3-5,8-9,11-12H2,1-2H3,(H,19,22). The first-order chi connectivity index (χ1) is 11.7. The van der Waals surface area contributed by atoms with E-state index in [2.05, 4.69) is 5.32 Å². The van der Waals surface area contributed by atoms with Crippen LogP contribution in [0.5, 0.6) is 0 Å². The van der Waals surface area contributed by atoms with Gasteiger partial charge in [0.1, 0.15) is 0 Å². The summed E-state index contributed by atoms with van der Waals surface area (Å²) in [4.78, 5) is 12.5. The quantitative estimate of drug-likeness (QED) is 0.782. The van der Waals surface area contributed by atoms with E-state index in [9.17, 15) is 18.3 Å². The van der Waals surface area contributed by atoms with Crippen molar-refractivity contribution >= 4 is 27.5 Å². The van der Waals surface area contributed by atoms with Gasteiger partial charge in [-0.1, -0.05) is 30.9 Å². The number of halogens is 1. The molecule has 0 radical (unpaired) electrons. The lowest BCUT2D eigenvalue weighted by Crippen LogP contribution is -2.41. The van der Waals surface area contributed by atoms with Crippen LogP contribution in [0.2, 0.25) is 5.02 Å². The molecule has 2 N–H and O–H groups in total. The average molecular weight is 389 g/mol. The number of sulfonamides is 1. The van der Waals surface area contributed by atoms with Crippen molar-refractivity contribution in [1.29, 1.82) is 0 Å². The summed E-state index contributed by atoms with van der Waals surface area (Å²) >= 11 is 6.09. The van der Waals surface area contributed by atoms with Crippen molar-refractivity contribution in [3.63, 3.8) is 0 Å². The van der Waals surface area contributed by atoms with Crippen molar-refractivity contribution in [1.82, 2.24) is 9.62 Å². The number of nitrogens with one attached hydrogen (secondary N) is 1. The predicted molar refractivity (Wildman–Crippen MR) is 97.3 cm³/mol. The van der Waals surface area contributed by atoms with Gasteiger partial charge in [0.15, 0.2) is 0 Å². The van der Waals surface area contributed by atoms with Crippen LogP contribution in [0.1, 0.15) is 42.5 Å². The Kier molecular flexibility index (Phi) is 6.48. The third-order valence-corrected chi connectivity index (χ3v) is 6.98. The SMILES string of the molecule is CN(C)S(=O)(=O)c1ccc(Cl)c(C(=O)NCC2(CO)CCCCC2)c1. The van der Waals surface area contributed by atoms with Crippen molar-refractivity contribution in [2.45, 2.75) is 37.0 Å². The maximum absolute atomic E-state index is 12.5. The van der Waals surface area contributed by atoms with Gasteiger partial charge in [-0.3, -0.25) is 4.79 Å². The molecular formula is C17H25ClN2O4S. The van der Waals surface area contributed by atoms with E-state index in [1.165, 1.54) is 32.3 Å². The number of hydrogen-bond donors (Lipinski definition) is 2. The molecule has 1 fully saturated rings. The molecule has 0 aliphatic heterocycles. The molecule has 0 saturated heterocycles. The summed E-state index contributed by atoms with van der Waals surface area (Å²) in [6.07, 6.45) is 4.95. The zero-order valence-electron chi connectivity index (χ0n) is 14.6. The zero-order chi connectivity index (χ0) is 18.7. The molecule has 0 aromatic heterocycles. The van der Waals surface area contributed by atoms with E-state index < -0.39 is 15.9 Å². The molecule has 0 atom stereocenters. The summed E-state index contributed by atoms with van der Waals surface area (Å²) in [6, 6.07) is 4.08. The molecule has 0 heterocycles. The van der Waals surface area contributed by atoms with Crippen LogP contribution in [0.3, 0.4) is 0 Å². The molecule has 1 aromatic carbocycles. The maximum atomic E-state index is 12.5. The van der Waals surface area contributed by atoms with Crippen LogP contribution in [0, 0.1) is 5.41 Å². The van der Waals surface area contributed by atoms with Gasteiger partial charge in [0, 0.05) is 26.1 Å². The number of benzene rings is 1. The molecule has 0 spiro atoms. The van der Waals surface area contributed by atoms with Gasteiger partial charge >= 0.3 is 0 Å². The van der Waals surface area contributed by atoms with E-state index in [1.54, 1.807) is 0 Å². The molecule has 6 nitrogen and oxygen atoms in total. The fourth-order valence-corrected chi connectivity index (χ4v) is 4.24. The second-order valence-electron chi connectivity index (χ2n) is 6.83. The lowest BCUT2D eigenvalue weighted by atomic mass is 9.74. The van der Waals surface area contributed by atoms with Crippen molar-refractivity contribution in [3.05, 3.63) is 28.8 Å². The zero-order valence-corrected chi connectivity index (χ0v) is 16.2. The Hall–Kier alpha value is -1.15. The van der Waals surface area contributed by atoms with Crippen LogP contribution in [0.25, 0.3) is 0 Å². The van der Waals surface area contributed by atoms with E-state index in [0.717, 1.165) is 36.4 Å². The Morgan fingerprint density at radius 3 is 2.48 bits per heavy atom. The second-order valence-corrected chi connectivity index (χ2v) is 9.39. The first kappa shape index (κ1) is 20.2. The minimum atomic E-state index is -3.65. The van der Waals surface area contributed by atoms with E-state index >= 15 is 0 Å². The number of hydrogen-bond acceptors (Lipinski definition) is 4. The van der Waals surface area contributed by atoms with Crippen LogP contribution in [0.4, 0.5) is 0 Å². The molecule has 0 bridgehead atoms. The fourth-order valence-electron chi connectivity index (χ4n) is 3.11. The third kappa shape index (κ3) is 4.53. The molecule has 25 heavy (non-hydrogen) atoms. The van der Waals surface area contributed by atoms with Gasteiger partial charge in [0.05, 0.1) is 22.1 Å². The lowest BCUT2D eigenvalue weighted by molar-refractivity contribution is 0.0718. The number of carbonyl (C=O) groups is 1. The summed E-state index contributed by atoms with van der Waals surface area (Å²) in [5, 5.41) is 12.7. The van der Waals surface area contributed by atoms with Gasteiger partial charge in [0.25, 0.3) is 5.91 Å². The number of aliphatic hydroxyl groups is 1. The highest BCUT2D eigenvalue weighted by Gasteiger charge is 2.32. The molecule has 8 heteroatoms. The first-order valence-electron chi connectivity index (χ1n) is 8.33. The van der Waals surface area contributed by atoms with E-state index in [-0.39, 0.29) is 27.5 Å². The van der Waals surface area contributed by atoms with E-state index in [0.29, 0.717) is 6.54 Å². The maximum Gasteiger partial charge on any atom is 0.252 e. The lowest BCUT2D eigenvalue weighted by Gasteiger charge is -2.35. The molecule has 1 aromatic rings. The number of rotatable bonds is 6. The van der Waals surface area contributed by atoms with Gasteiger partial charge in [-0.05, 0) is 31.0 Å². The highest BCUT2D eigenvalue weighted by atomic mass is 35.5. The Bertz CT molecular complexity index is 728. The van der Waals surface area contributed by atoms with Crippen LogP contribution in [0.15, 0.2) is 23.1 Å². The van der Waals surface area contributed by atoms with E-state index in [1.807, 2.05) is 0 Å². The average Bonchev–Trinajstić information content (AvgIpc) is 2.60. The smallest absolute Gasteiger partial charge is 0.252 e. The normalized spacial score (nSPS) is 17.5. The summed E-state index contributed by atoms with van der Waals surface area (Å²) < 4.78 is 25.6. The summed E-state index contributed by atoms with van der Waals surface area (Å²) in [5.41, 5.74) is -0.179. The first-order valence-corrected chi connectivity index (χ1v) is 10.1. The van der Waals surface area contributed by atoms with Crippen molar-refractivity contribution in [2.75, 3.05) is 27.2 Å². The Labute approximate surface area is 154 Å². The topological polar surface area (TPSA) is 86.7 Å². The monoisotopic (exact) mass is 388 g/mol. The van der Waals surface area contributed by atoms with Crippen LogP contribution in [-0.2, 0) is 10.0 Å². The number of aliphatic hydroxyl groups excluding tert-OH is 1. The van der Waals surface area contributed by atoms with Gasteiger partial charge < -0.3 is 10.4 Å². The molecular weight excluding hydrogens is 364 g/mol. The summed E-state index contributed by atoms with van der Waals surface area (Å²) in [7, 11) is -0.790. The van der Waals surface area contributed by atoms with Gasteiger partial charge in [-0.2, -0.15) is 0 Å². The van der Waals surface area contributed by atoms with Gasteiger partial charge in [-0.25, -0.2) is 12.7 Å². The van der Waals surface area contributed by atoms with E-state index in [4.69, 9.17) is 11.6 Å². The molecule has 140 valence electrons. The number of nitrogens with zero attached hydrogens (tertiary/aromatic N) is 1. The molecule has 1 aliphatic rings. The van der Waals surface area contributed by atoms with Crippen LogP contribution in [-0.4, -0.2) is 51.0 Å². The molecule has 0 unspecified atom stereocenters. The molecule has 1 saturated carbocycles. The third-order valence-electron chi connectivity index (χ3n) is 4.83. The largest absolute Gasteiger partial charge is 0.396 e. The Morgan fingerprint density at radius 2 is 1.92 bits per heavy atom. The highest BCUT2D eigenvalue weighted by Crippen LogP contribution is 2.35. The second kappa shape index (κ2) is 8.03. The molecule has 1 amide bonds. The van der Waals surface area contributed by atoms with Crippen LogP contribution >= 0.6 is 11.6 Å². The summed E-state index contributed by atoms with van der Waals surface area (Å²) in [5.74, 6) is -0.431. The van der Waals surface area contributed by atoms with Gasteiger partial charge in [-0.15, -0.1) is 0 Å². The van der Waals surface area contributed by atoms with Crippen molar-refractivity contribution in [3.8, 4) is 0 Å². The number of amides is 1. The Morgan fingerprint density at radius 1 is 1.28 bits per heavy atom. The van der Waals surface area contributed by atoms with Crippen molar-refractivity contribution in [2.24, 2.45) is 5.41 Å². The van der Waals surface area contributed by atoms with Crippen molar-refractivity contribution < 1.29 is 18.3 Å². The minimum Gasteiger partial charge on any atom is -0.396 e. The molecule has 1 aliphatic carbocycles. The highest BCUT2D eigenvalue weighted by molar-refractivity contribution is 7.89. The minimum absolute atomic E-state index is 0.0154. The fraction of sp³-hybridized carbons (Fsp3) is 0.588. The van der Waals surface area contributed by atoms with Gasteiger partial charge in [0.2, 0.25) is 10.0 Å². The Balaban J connectivity index is 2.19. The number of carbonyl (C=O) groups excluding carboxylic acids is 1.